The highest BCUT2D eigenvalue weighted by atomic mass is 16.3. The molecule has 28 heavy (non-hydrogen) atoms. The zero-order chi connectivity index (χ0) is 20.1. The predicted molar refractivity (Wildman–Crippen MR) is 113 cm³/mol. The first-order valence-electron chi connectivity index (χ1n) is 9.25. The van der Waals surface area contributed by atoms with Crippen molar-refractivity contribution in [2.45, 2.75) is 26.2 Å². The maximum absolute atomic E-state index is 12.9. The molecular formula is C23H23N3O2. The number of fused-ring (bicyclic) bond motifs is 1. The molecule has 0 aromatic heterocycles. The summed E-state index contributed by atoms with van der Waals surface area (Å²) < 4.78 is 0. The monoisotopic (exact) mass is 373 g/mol. The van der Waals surface area contributed by atoms with Crippen molar-refractivity contribution in [1.29, 1.82) is 0 Å². The van der Waals surface area contributed by atoms with Gasteiger partial charge in [-0.2, -0.15) is 10.1 Å². The van der Waals surface area contributed by atoms with E-state index in [0.717, 1.165) is 22.6 Å². The Morgan fingerprint density at radius 1 is 1.07 bits per heavy atom. The zero-order valence-electron chi connectivity index (χ0n) is 16.5. The average molecular weight is 373 g/mol. The number of hydrogen-bond acceptors (Lipinski definition) is 4. The topological polar surface area (TPSA) is 56.1 Å². The van der Waals surface area contributed by atoms with Crippen LogP contribution in [-0.2, 0) is 10.2 Å². The molecule has 2 aliphatic heterocycles. The Morgan fingerprint density at radius 3 is 2.50 bits per heavy atom. The van der Waals surface area contributed by atoms with E-state index >= 15 is 0 Å². The van der Waals surface area contributed by atoms with Crippen molar-refractivity contribution >= 4 is 23.0 Å². The van der Waals surface area contributed by atoms with E-state index < -0.39 is 0 Å². The van der Waals surface area contributed by atoms with Crippen molar-refractivity contribution in [3.05, 3.63) is 77.5 Å². The number of likely N-dealkylation sites (N-methyl/N-ethyl adjacent to an activating group) is 1. The molecule has 1 N–H and O–H groups in total. The van der Waals surface area contributed by atoms with Gasteiger partial charge in [0, 0.05) is 23.8 Å². The van der Waals surface area contributed by atoms with Crippen molar-refractivity contribution in [2.24, 2.45) is 5.10 Å². The molecule has 5 heteroatoms. The third-order valence-electron chi connectivity index (χ3n) is 5.49. The molecule has 0 unspecified atom stereocenters. The molecule has 1 amide bonds. The van der Waals surface area contributed by atoms with Crippen molar-refractivity contribution in [3.8, 4) is 5.75 Å². The van der Waals surface area contributed by atoms with E-state index in [2.05, 4.69) is 23.8 Å². The van der Waals surface area contributed by atoms with Crippen LogP contribution < -0.4 is 9.91 Å². The van der Waals surface area contributed by atoms with Crippen LogP contribution in [0.25, 0.3) is 0 Å². The van der Waals surface area contributed by atoms with Gasteiger partial charge in [-0.05, 0) is 55.0 Å². The van der Waals surface area contributed by atoms with Crippen molar-refractivity contribution in [3.63, 3.8) is 0 Å². The molecule has 2 heterocycles. The highest BCUT2D eigenvalue weighted by molar-refractivity contribution is 6.29. The number of phenolic OH excluding ortho intramolecular Hbond substituents is 1. The van der Waals surface area contributed by atoms with Gasteiger partial charge in [0.1, 0.15) is 5.75 Å². The van der Waals surface area contributed by atoms with Gasteiger partial charge < -0.3 is 10.0 Å². The van der Waals surface area contributed by atoms with Crippen molar-refractivity contribution in [2.75, 3.05) is 17.0 Å². The lowest BCUT2D eigenvalue weighted by atomic mass is 9.83. The third kappa shape index (κ3) is 2.71. The Balaban J connectivity index is 1.70. The number of para-hydroxylation sites is 1. The second kappa shape index (κ2) is 6.37. The fourth-order valence-electron chi connectivity index (χ4n) is 3.94. The number of benzene rings is 2. The highest BCUT2D eigenvalue weighted by Crippen LogP contribution is 2.48. The summed E-state index contributed by atoms with van der Waals surface area (Å²) in [4.78, 5) is 15.0. The summed E-state index contributed by atoms with van der Waals surface area (Å²) in [7, 11) is 2.00. The molecule has 0 spiro atoms. The molecule has 2 aromatic carbocycles. The van der Waals surface area contributed by atoms with E-state index in [1.807, 2.05) is 68.6 Å². The molecule has 0 saturated heterocycles. The van der Waals surface area contributed by atoms with Gasteiger partial charge in [0.05, 0.1) is 17.0 Å². The number of aromatic hydroxyl groups is 1. The number of amides is 1. The summed E-state index contributed by atoms with van der Waals surface area (Å²) in [5.41, 5.74) is 4.92. The van der Waals surface area contributed by atoms with Gasteiger partial charge in [0.15, 0.2) is 0 Å². The Bertz CT molecular complexity index is 1050. The molecule has 0 aliphatic carbocycles. The minimum atomic E-state index is -0.286. The molecule has 0 saturated carbocycles. The van der Waals surface area contributed by atoms with Gasteiger partial charge in [0.25, 0.3) is 5.91 Å². The van der Waals surface area contributed by atoms with Crippen LogP contribution in [-0.4, -0.2) is 23.8 Å². The molecule has 0 atom stereocenters. The molecule has 142 valence electrons. The summed E-state index contributed by atoms with van der Waals surface area (Å²) in [5.74, 6) is 0.126. The number of rotatable bonds is 2. The summed E-state index contributed by atoms with van der Waals surface area (Å²) in [6, 6.07) is 14.9. The smallest absolute Gasteiger partial charge is 0.280 e. The Kier molecular flexibility index (Phi) is 4.11. The van der Waals surface area contributed by atoms with Crippen LogP contribution in [0.2, 0.25) is 0 Å². The van der Waals surface area contributed by atoms with Crippen LogP contribution in [0, 0.1) is 0 Å². The van der Waals surface area contributed by atoms with E-state index in [9.17, 15) is 9.90 Å². The first kappa shape index (κ1) is 18.0. The number of hydrazone groups is 1. The highest BCUT2D eigenvalue weighted by Gasteiger charge is 2.38. The maximum Gasteiger partial charge on any atom is 0.280 e. The Hall–Kier alpha value is -3.34. The number of carbonyl (C=O) groups excluding carboxylic acids is 1. The Morgan fingerprint density at radius 2 is 1.79 bits per heavy atom. The molecule has 2 aromatic rings. The largest absolute Gasteiger partial charge is 0.508 e. The van der Waals surface area contributed by atoms with E-state index in [-0.39, 0.29) is 17.1 Å². The summed E-state index contributed by atoms with van der Waals surface area (Å²) in [6.07, 6.45) is 3.83. The lowest BCUT2D eigenvalue weighted by molar-refractivity contribution is -0.114. The molecule has 5 nitrogen and oxygen atoms in total. The van der Waals surface area contributed by atoms with Crippen LogP contribution in [0.15, 0.2) is 77.1 Å². The standard InChI is InChI=1S/C23H23N3O2/c1-15-18(22(28)26(24-15)16-8-6-5-7-9-16)11-13-21-23(2,3)19-14-17(27)10-12-20(19)25(21)4/h5-14,27H,1-4H3/b18-11-,21-13+. The maximum atomic E-state index is 12.9. The van der Waals surface area contributed by atoms with Gasteiger partial charge >= 0.3 is 0 Å². The number of anilines is 2. The number of carbonyl (C=O) groups is 1. The van der Waals surface area contributed by atoms with E-state index in [1.54, 1.807) is 6.07 Å². The number of phenols is 1. The van der Waals surface area contributed by atoms with Gasteiger partial charge in [-0.1, -0.05) is 32.0 Å². The fraction of sp³-hybridized carbons (Fsp3) is 0.217. The quantitative estimate of drug-likeness (QED) is 0.796. The first-order valence-corrected chi connectivity index (χ1v) is 9.25. The molecule has 2 aliphatic rings. The summed E-state index contributed by atoms with van der Waals surface area (Å²) in [5, 5.41) is 15.8. The van der Waals surface area contributed by atoms with Gasteiger partial charge in [-0.15, -0.1) is 0 Å². The first-order chi connectivity index (χ1) is 13.3. The zero-order valence-corrected chi connectivity index (χ0v) is 16.5. The minimum absolute atomic E-state index is 0.130. The molecule has 0 bridgehead atoms. The van der Waals surface area contributed by atoms with Crippen LogP contribution in [0.3, 0.4) is 0 Å². The molecule has 0 fully saturated rings. The van der Waals surface area contributed by atoms with E-state index in [1.165, 1.54) is 5.01 Å². The minimum Gasteiger partial charge on any atom is -0.508 e. The van der Waals surface area contributed by atoms with Crippen LogP contribution in [0.1, 0.15) is 26.3 Å². The predicted octanol–water partition coefficient (Wildman–Crippen LogP) is 4.35. The van der Waals surface area contributed by atoms with E-state index in [4.69, 9.17) is 0 Å². The Labute approximate surface area is 164 Å². The number of allylic oxidation sites excluding steroid dienone is 3. The lowest BCUT2D eigenvalue weighted by Crippen LogP contribution is -2.23. The van der Waals surface area contributed by atoms with Gasteiger partial charge in [-0.3, -0.25) is 4.79 Å². The summed E-state index contributed by atoms with van der Waals surface area (Å²) in [6.45, 7) is 6.08. The van der Waals surface area contributed by atoms with Gasteiger partial charge in [0.2, 0.25) is 0 Å². The second-order valence-corrected chi connectivity index (χ2v) is 7.66. The number of hydrogen-bond donors (Lipinski definition) is 1. The molecule has 4 rings (SSSR count). The van der Waals surface area contributed by atoms with Crippen LogP contribution >= 0.6 is 0 Å². The van der Waals surface area contributed by atoms with Gasteiger partial charge in [-0.25, -0.2) is 0 Å². The normalized spacial score (nSPS) is 20.9. The van der Waals surface area contributed by atoms with Crippen LogP contribution in [0.4, 0.5) is 11.4 Å². The third-order valence-corrected chi connectivity index (χ3v) is 5.49. The molecular weight excluding hydrogens is 350 g/mol. The summed E-state index contributed by atoms with van der Waals surface area (Å²) >= 11 is 0. The second-order valence-electron chi connectivity index (χ2n) is 7.66. The lowest BCUT2D eigenvalue weighted by Gasteiger charge is -2.23. The number of nitrogens with zero attached hydrogens (tertiary/aromatic N) is 3. The van der Waals surface area contributed by atoms with Crippen molar-refractivity contribution in [1.82, 2.24) is 0 Å². The van der Waals surface area contributed by atoms with E-state index in [0.29, 0.717) is 11.3 Å². The van der Waals surface area contributed by atoms with Crippen molar-refractivity contribution < 1.29 is 9.90 Å². The van der Waals surface area contributed by atoms with Crippen LogP contribution in [0.5, 0.6) is 5.75 Å². The SMILES string of the molecule is CC1=NN(c2ccccc2)C(=O)/C1=C\C=C1\N(C)c2ccc(O)cc2C1(C)C. The fourth-order valence-corrected chi connectivity index (χ4v) is 3.94. The average Bonchev–Trinajstić information content (AvgIpc) is 3.05. The molecule has 0 radical (unpaired) electrons.